The molecule has 0 saturated carbocycles. The Morgan fingerprint density at radius 2 is 1.78 bits per heavy atom. The molecule has 0 bridgehead atoms. The number of aromatic nitrogens is 1. The van der Waals surface area contributed by atoms with Crippen LogP contribution in [0.4, 0.5) is 10.5 Å². The maximum Gasteiger partial charge on any atom is 0.315 e. The van der Waals surface area contributed by atoms with E-state index in [4.69, 9.17) is 4.98 Å². The van der Waals surface area contributed by atoms with Crippen LogP contribution in [0.15, 0.2) is 77.5 Å². The molecule has 2 amide bonds. The predicted octanol–water partition coefficient (Wildman–Crippen LogP) is 5.56. The number of nitrogens with zero attached hydrogens (tertiary/aromatic N) is 2. The minimum atomic E-state index is -0.426. The molecule has 2 aromatic carbocycles. The normalized spacial score (nSPS) is 11.6. The van der Waals surface area contributed by atoms with Gasteiger partial charge in [0, 0.05) is 24.1 Å². The number of thiazole rings is 1. The van der Waals surface area contributed by atoms with Gasteiger partial charge >= 0.3 is 6.03 Å². The van der Waals surface area contributed by atoms with Gasteiger partial charge < -0.3 is 10.6 Å². The fourth-order valence-electron chi connectivity index (χ4n) is 3.16. The number of carbonyl (C=O) groups is 1. The summed E-state index contributed by atoms with van der Waals surface area (Å²) < 4.78 is 0. The lowest BCUT2D eigenvalue weighted by atomic mass is 10.1. The molecule has 0 aliphatic heterocycles. The van der Waals surface area contributed by atoms with Crippen LogP contribution in [0.25, 0.3) is 10.6 Å². The summed E-state index contributed by atoms with van der Waals surface area (Å²) >= 11 is 3.09. The summed E-state index contributed by atoms with van der Waals surface area (Å²) in [5.74, 6) is 0. The number of benzene rings is 2. The van der Waals surface area contributed by atoms with Crippen LogP contribution in [-0.2, 0) is 13.0 Å². The summed E-state index contributed by atoms with van der Waals surface area (Å²) in [4.78, 5) is 29.0. The Hall–Kier alpha value is -3.56. The molecule has 2 heterocycles. The molecule has 32 heavy (non-hydrogen) atoms. The van der Waals surface area contributed by atoms with Crippen LogP contribution in [0.1, 0.15) is 22.2 Å². The molecule has 1 atom stereocenters. The van der Waals surface area contributed by atoms with Gasteiger partial charge in [0.2, 0.25) is 0 Å². The number of amides is 2. The van der Waals surface area contributed by atoms with Crippen molar-refractivity contribution >= 4 is 34.4 Å². The number of non-ortho nitro benzene ring substituents is 1. The number of nitro groups is 1. The molecule has 0 aliphatic rings. The average molecular weight is 465 g/mol. The topological polar surface area (TPSA) is 97.2 Å². The Morgan fingerprint density at radius 1 is 1.00 bits per heavy atom. The third-order valence-corrected chi connectivity index (χ3v) is 6.63. The van der Waals surface area contributed by atoms with Crippen molar-refractivity contribution < 1.29 is 9.72 Å². The second kappa shape index (κ2) is 10.2. The summed E-state index contributed by atoms with van der Waals surface area (Å²) in [6.45, 7) is 0.412. The molecule has 4 rings (SSSR count). The minimum Gasteiger partial charge on any atom is -0.334 e. The van der Waals surface area contributed by atoms with Gasteiger partial charge in [-0.2, -0.15) is 0 Å². The Morgan fingerprint density at radius 3 is 2.47 bits per heavy atom. The molecule has 0 fully saturated rings. The lowest BCUT2D eigenvalue weighted by Crippen LogP contribution is -2.38. The summed E-state index contributed by atoms with van der Waals surface area (Å²) in [5, 5.41) is 21.6. The van der Waals surface area contributed by atoms with Crippen LogP contribution >= 0.6 is 22.7 Å². The maximum atomic E-state index is 12.6. The highest BCUT2D eigenvalue weighted by molar-refractivity contribution is 7.14. The highest BCUT2D eigenvalue weighted by atomic mass is 32.1. The molecule has 0 spiro atoms. The van der Waals surface area contributed by atoms with E-state index in [1.807, 2.05) is 53.2 Å². The molecule has 7 nitrogen and oxygen atoms in total. The first-order chi connectivity index (χ1) is 15.6. The number of rotatable bonds is 8. The average Bonchev–Trinajstić information content (AvgIpc) is 3.50. The van der Waals surface area contributed by atoms with Gasteiger partial charge in [-0.3, -0.25) is 10.1 Å². The van der Waals surface area contributed by atoms with Crippen LogP contribution < -0.4 is 10.6 Å². The van der Waals surface area contributed by atoms with Crippen molar-refractivity contribution in [2.75, 3.05) is 0 Å². The Labute approximate surface area is 192 Å². The van der Waals surface area contributed by atoms with Crippen molar-refractivity contribution in [2.24, 2.45) is 0 Å². The van der Waals surface area contributed by atoms with Gasteiger partial charge in [-0.15, -0.1) is 22.7 Å². The number of hydrogen-bond acceptors (Lipinski definition) is 6. The van der Waals surface area contributed by atoms with Gasteiger partial charge in [-0.1, -0.05) is 48.5 Å². The van der Waals surface area contributed by atoms with Gasteiger partial charge in [0.25, 0.3) is 5.69 Å². The first kappa shape index (κ1) is 21.7. The number of carbonyl (C=O) groups excluding carboxylic acids is 1. The van der Waals surface area contributed by atoms with Crippen LogP contribution in [0.5, 0.6) is 0 Å². The lowest BCUT2D eigenvalue weighted by Gasteiger charge is -2.17. The summed E-state index contributed by atoms with van der Waals surface area (Å²) in [7, 11) is 0. The third kappa shape index (κ3) is 5.57. The lowest BCUT2D eigenvalue weighted by molar-refractivity contribution is -0.384. The zero-order valence-electron chi connectivity index (χ0n) is 16.9. The molecule has 162 valence electrons. The SMILES string of the molecule is O=C(NCc1ccccc1)N[C@@H](Cc1ccc([N+](=O)[O-])cc1)c1nc(-c2cccs2)cs1. The van der Waals surface area contributed by atoms with E-state index in [0.717, 1.165) is 26.7 Å². The first-order valence-corrected chi connectivity index (χ1v) is 11.7. The molecule has 2 N–H and O–H groups in total. The van der Waals surface area contributed by atoms with E-state index in [-0.39, 0.29) is 17.8 Å². The summed E-state index contributed by atoms with van der Waals surface area (Å²) in [6, 6.07) is 19.4. The number of thiophene rings is 1. The van der Waals surface area contributed by atoms with E-state index in [1.165, 1.54) is 23.5 Å². The van der Waals surface area contributed by atoms with Crippen molar-refractivity contribution in [3.63, 3.8) is 0 Å². The van der Waals surface area contributed by atoms with E-state index in [9.17, 15) is 14.9 Å². The zero-order valence-corrected chi connectivity index (χ0v) is 18.6. The molecule has 9 heteroatoms. The molecular formula is C23H20N4O3S2. The highest BCUT2D eigenvalue weighted by Gasteiger charge is 2.20. The largest absolute Gasteiger partial charge is 0.334 e. The van der Waals surface area contributed by atoms with E-state index in [1.54, 1.807) is 23.5 Å². The second-order valence-corrected chi connectivity index (χ2v) is 8.88. The highest BCUT2D eigenvalue weighted by Crippen LogP contribution is 2.30. The molecule has 2 aromatic heterocycles. The summed E-state index contributed by atoms with van der Waals surface area (Å²) in [6.07, 6.45) is 0.466. The molecule has 4 aromatic rings. The number of nitro benzene ring substituents is 1. The Kier molecular flexibility index (Phi) is 6.88. The third-order valence-electron chi connectivity index (χ3n) is 4.78. The minimum absolute atomic E-state index is 0.0353. The predicted molar refractivity (Wildman–Crippen MR) is 127 cm³/mol. The van der Waals surface area contributed by atoms with Crippen molar-refractivity contribution in [3.05, 3.63) is 104 Å². The summed E-state index contributed by atoms with van der Waals surface area (Å²) in [5.41, 5.74) is 2.79. The maximum absolute atomic E-state index is 12.6. The smallest absolute Gasteiger partial charge is 0.315 e. The fourth-order valence-corrected chi connectivity index (χ4v) is 4.79. The van der Waals surface area contributed by atoms with Crippen molar-refractivity contribution in [2.45, 2.75) is 19.0 Å². The van der Waals surface area contributed by atoms with E-state index in [0.29, 0.717) is 13.0 Å². The van der Waals surface area contributed by atoms with E-state index in [2.05, 4.69) is 10.6 Å². The van der Waals surface area contributed by atoms with Gasteiger partial charge in [0.15, 0.2) is 0 Å². The quantitative estimate of drug-likeness (QED) is 0.263. The second-order valence-electron chi connectivity index (χ2n) is 7.04. The fraction of sp³-hybridized carbons (Fsp3) is 0.130. The van der Waals surface area contributed by atoms with Gasteiger partial charge in [0.05, 0.1) is 21.5 Å². The van der Waals surface area contributed by atoms with E-state index >= 15 is 0 Å². The molecule has 0 aliphatic carbocycles. The van der Waals surface area contributed by atoms with Crippen LogP contribution in [-0.4, -0.2) is 15.9 Å². The molecule has 0 radical (unpaired) electrons. The van der Waals surface area contributed by atoms with Crippen LogP contribution in [0.2, 0.25) is 0 Å². The van der Waals surface area contributed by atoms with Gasteiger partial charge in [0.1, 0.15) is 5.01 Å². The molecular weight excluding hydrogens is 444 g/mol. The first-order valence-electron chi connectivity index (χ1n) is 9.89. The monoisotopic (exact) mass is 464 g/mol. The molecule has 0 saturated heterocycles. The van der Waals surface area contributed by atoms with Crippen molar-refractivity contribution in [1.29, 1.82) is 0 Å². The number of hydrogen-bond donors (Lipinski definition) is 2. The van der Waals surface area contributed by atoms with Gasteiger partial charge in [-0.05, 0) is 29.0 Å². The zero-order chi connectivity index (χ0) is 22.3. The number of urea groups is 1. The number of nitrogens with one attached hydrogen (secondary N) is 2. The molecule has 0 unspecified atom stereocenters. The van der Waals surface area contributed by atoms with Crippen LogP contribution in [0, 0.1) is 10.1 Å². The standard InChI is InChI=1S/C23H20N4O3S2/c28-23(24-14-17-5-2-1-3-6-17)26-19(13-16-8-10-18(11-9-16)27(29)30)22-25-20(15-32-22)21-7-4-12-31-21/h1-12,15,19H,13-14H2,(H2,24,26,28)/t19-/m0/s1. The van der Waals surface area contributed by atoms with Crippen molar-refractivity contribution in [3.8, 4) is 10.6 Å². The Bertz CT molecular complexity index is 1180. The Balaban J connectivity index is 1.50. The van der Waals surface area contributed by atoms with Gasteiger partial charge in [-0.25, -0.2) is 9.78 Å². The van der Waals surface area contributed by atoms with Crippen molar-refractivity contribution in [1.82, 2.24) is 15.6 Å². The van der Waals surface area contributed by atoms with Crippen LogP contribution in [0.3, 0.4) is 0 Å². The van der Waals surface area contributed by atoms with E-state index < -0.39 is 4.92 Å².